The Kier molecular flexibility index (Phi) is 9.40. The van der Waals surface area contributed by atoms with Crippen molar-refractivity contribution < 1.29 is 32.3 Å². The van der Waals surface area contributed by atoms with Crippen molar-refractivity contribution in [3.05, 3.63) is 90.5 Å². The van der Waals surface area contributed by atoms with Gasteiger partial charge in [-0.1, -0.05) is 24.3 Å². The Morgan fingerprint density at radius 1 is 0.935 bits per heavy atom. The summed E-state index contributed by atoms with van der Waals surface area (Å²) in [5.41, 5.74) is 9.34. The number of halogens is 3. The molecule has 0 saturated carbocycles. The van der Waals surface area contributed by atoms with Crippen molar-refractivity contribution in [1.29, 1.82) is 0 Å². The molecule has 4 aromatic rings. The smallest absolute Gasteiger partial charge is 0.416 e. The zero-order chi connectivity index (χ0) is 32.8. The van der Waals surface area contributed by atoms with Gasteiger partial charge in [-0.05, 0) is 84.6 Å². The topological polar surface area (TPSA) is 131 Å². The Balaban J connectivity index is 1.40. The first kappa shape index (κ1) is 31.8. The van der Waals surface area contributed by atoms with Crippen LogP contribution in [0.25, 0.3) is 28.2 Å². The van der Waals surface area contributed by atoms with E-state index in [1.165, 1.54) is 30.5 Å². The number of amides is 3. The number of likely N-dealkylation sites (tertiary alicyclic amines) is 1. The number of nitrogens with two attached hydrogens (primary N) is 1. The minimum atomic E-state index is -4.47. The molecule has 0 bridgehead atoms. The van der Waals surface area contributed by atoms with Gasteiger partial charge in [-0.15, -0.1) is 0 Å². The maximum Gasteiger partial charge on any atom is 0.416 e. The van der Waals surface area contributed by atoms with Crippen LogP contribution in [-0.4, -0.2) is 60.0 Å². The molecule has 1 aromatic heterocycles. The number of hydrogen-bond acceptors (Lipinski definition) is 5. The minimum Gasteiger partial charge on any atom is -0.453 e. The van der Waals surface area contributed by atoms with Crippen LogP contribution >= 0.6 is 0 Å². The maximum atomic E-state index is 13.3. The van der Waals surface area contributed by atoms with Crippen molar-refractivity contribution in [3.63, 3.8) is 0 Å². The number of methoxy groups -OCH3 is 1. The molecule has 1 aliphatic rings. The van der Waals surface area contributed by atoms with Gasteiger partial charge >= 0.3 is 12.3 Å². The van der Waals surface area contributed by atoms with E-state index < -0.39 is 23.9 Å². The van der Waals surface area contributed by atoms with E-state index in [-0.39, 0.29) is 18.4 Å². The molecule has 13 heteroatoms. The molecule has 5 rings (SSSR count). The van der Waals surface area contributed by atoms with E-state index in [9.17, 15) is 27.6 Å². The second-order valence-corrected chi connectivity index (χ2v) is 10.5. The summed E-state index contributed by atoms with van der Waals surface area (Å²) in [5, 5.41) is 5.20. The number of alkyl halides is 3. The first-order valence-corrected chi connectivity index (χ1v) is 14.4. The second-order valence-electron chi connectivity index (χ2n) is 10.5. The van der Waals surface area contributed by atoms with Crippen LogP contribution in [0.1, 0.15) is 18.4 Å². The Hall–Kier alpha value is -5.59. The van der Waals surface area contributed by atoms with Crippen molar-refractivity contribution in [2.45, 2.75) is 25.1 Å². The highest BCUT2D eigenvalue weighted by molar-refractivity contribution is 5.98. The van der Waals surface area contributed by atoms with E-state index in [0.29, 0.717) is 42.1 Å². The number of carbonyl (C=O) groups excluding carboxylic acids is 3. The van der Waals surface area contributed by atoms with Crippen LogP contribution in [0, 0.1) is 0 Å². The first-order valence-electron chi connectivity index (χ1n) is 14.4. The number of carbonyl (C=O) groups is 3. The van der Waals surface area contributed by atoms with Gasteiger partial charge in [0.15, 0.2) is 0 Å². The molecular weight excluding hydrogens is 601 g/mol. The normalized spacial score (nSPS) is 14.8. The van der Waals surface area contributed by atoms with E-state index in [4.69, 9.17) is 5.73 Å². The van der Waals surface area contributed by atoms with Gasteiger partial charge in [-0.25, -0.2) is 9.79 Å². The van der Waals surface area contributed by atoms with Crippen LogP contribution in [0.5, 0.6) is 0 Å². The molecule has 3 amide bonds. The third-order valence-corrected chi connectivity index (χ3v) is 7.61. The van der Waals surface area contributed by atoms with Gasteiger partial charge in [0.25, 0.3) is 0 Å². The lowest BCUT2D eigenvalue weighted by atomic mass is 10.1. The number of rotatable bonds is 8. The van der Waals surface area contributed by atoms with Gasteiger partial charge in [0.1, 0.15) is 12.6 Å². The molecule has 0 unspecified atom stereocenters. The molecule has 0 radical (unpaired) electrons. The maximum absolute atomic E-state index is 13.3. The summed E-state index contributed by atoms with van der Waals surface area (Å²) < 4.78 is 46.3. The number of anilines is 1. The van der Waals surface area contributed by atoms with Crippen molar-refractivity contribution in [2.24, 2.45) is 10.7 Å². The second kappa shape index (κ2) is 13.6. The predicted molar refractivity (Wildman–Crippen MR) is 168 cm³/mol. The summed E-state index contributed by atoms with van der Waals surface area (Å²) in [4.78, 5) is 42.6. The number of aliphatic imine (C=N–C) groups is 1. The van der Waals surface area contributed by atoms with Crippen molar-refractivity contribution in [3.8, 4) is 28.2 Å². The van der Waals surface area contributed by atoms with Crippen molar-refractivity contribution in [2.75, 3.05) is 25.5 Å². The predicted octanol–water partition coefficient (Wildman–Crippen LogP) is 5.73. The summed E-state index contributed by atoms with van der Waals surface area (Å²) in [5.74, 6) is -0.741. The molecule has 1 aliphatic heterocycles. The molecule has 0 aliphatic carbocycles. The highest BCUT2D eigenvalue weighted by Gasteiger charge is 2.34. The standard InChI is InChI=1S/C33H31F3N6O4/c1-46-32(45)38-19-30(43)41-18-2-3-29(41)31(44)40-25-12-6-22(7-13-25)28-17-16-27(21-4-10-24(11-5-21)39-20-37)42(28)26-14-8-23(9-15-26)33(34,35)36/h4-17,20,29H,2-3,18-19H2,1H3,(H2,37,39)(H,38,45)(H,40,44)/t29-/m0/s1. The van der Waals surface area contributed by atoms with E-state index in [2.05, 4.69) is 20.4 Å². The molecule has 46 heavy (non-hydrogen) atoms. The largest absolute Gasteiger partial charge is 0.453 e. The number of hydrogen-bond donors (Lipinski definition) is 3. The van der Waals surface area contributed by atoms with Crippen LogP contribution in [-0.2, 0) is 20.5 Å². The van der Waals surface area contributed by atoms with Gasteiger partial charge < -0.3 is 30.6 Å². The average Bonchev–Trinajstić information content (AvgIpc) is 3.73. The van der Waals surface area contributed by atoms with Crippen LogP contribution in [0.4, 0.5) is 29.3 Å². The first-order chi connectivity index (χ1) is 22.1. The number of aromatic nitrogens is 1. The molecule has 2 heterocycles. The van der Waals surface area contributed by atoms with Gasteiger partial charge in [0, 0.05) is 17.9 Å². The monoisotopic (exact) mass is 632 g/mol. The Morgan fingerprint density at radius 2 is 1.54 bits per heavy atom. The zero-order valence-corrected chi connectivity index (χ0v) is 24.8. The van der Waals surface area contributed by atoms with E-state index >= 15 is 0 Å². The van der Waals surface area contributed by atoms with Gasteiger partial charge in [0.05, 0.1) is 36.1 Å². The number of nitrogens with one attached hydrogen (secondary N) is 2. The summed E-state index contributed by atoms with van der Waals surface area (Å²) >= 11 is 0. The fraction of sp³-hybridized carbons (Fsp3) is 0.212. The van der Waals surface area contributed by atoms with E-state index in [1.54, 1.807) is 36.4 Å². The molecular formula is C33H31F3N6O4. The highest BCUT2D eigenvalue weighted by Crippen LogP contribution is 2.35. The van der Waals surface area contributed by atoms with E-state index in [1.807, 2.05) is 28.8 Å². The number of alkyl carbamates (subject to hydrolysis) is 1. The van der Waals surface area contributed by atoms with Crippen molar-refractivity contribution >= 4 is 35.6 Å². The van der Waals surface area contributed by atoms with Gasteiger partial charge in [-0.3, -0.25) is 9.59 Å². The molecule has 1 atom stereocenters. The van der Waals surface area contributed by atoms with Crippen LogP contribution in [0.3, 0.4) is 0 Å². The molecule has 238 valence electrons. The van der Waals surface area contributed by atoms with Gasteiger partial charge in [-0.2, -0.15) is 13.2 Å². The highest BCUT2D eigenvalue weighted by atomic mass is 19.4. The molecule has 1 fully saturated rings. The quantitative estimate of drug-likeness (QED) is 0.169. The van der Waals surface area contributed by atoms with E-state index in [0.717, 1.165) is 29.0 Å². The van der Waals surface area contributed by atoms with Gasteiger partial charge in [0.2, 0.25) is 11.8 Å². The minimum absolute atomic E-state index is 0.280. The Bertz CT molecular complexity index is 1730. The van der Waals surface area contributed by atoms with Crippen LogP contribution in [0.2, 0.25) is 0 Å². The van der Waals surface area contributed by atoms with Crippen molar-refractivity contribution in [1.82, 2.24) is 14.8 Å². The molecule has 0 spiro atoms. The fourth-order valence-electron chi connectivity index (χ4n) is 5.38. The number of ether oxygens (including phenoxy) is 1. The number of nitrogens with zero attached hydrogens (tertiary/aromatic N) is 3. The third-order valence-electron chi connectivity index (χ3n) is 7.61. The molecule has 3 aromatic carbocycles. The molecule has 4 N–H and O–H groups in total. The summed E-state index contributed by atoms with van der Waals surface area (Å²) in [7, 11) is 1.20. The third kappa shape index (κ3) is 7.04. The van der Waals surface area contributed by atoms with Crippen LogP contribution in [0.15, 0.2) is 89.9 Å². The number of benzene rings is 3. The zero-order valence-electron chi connectivity index (χ0n) is 24.8. The summed E-state index contributed by atoms with van der Waals surface area (Å²) in [6, 6.07) is 22.3. The lowest BCUT2D eigenvalue weighted by Gasteiger charge is -2.24. The van der Waals surface area contributed by atoms with Crippen LogP contribution < -0.4 is 16.4 Å². The Labute approximate surface area is 262 Å². The molecule has 10 nitrogen and oxygen atoms in total. The summed E-state index contributed by atoms with van der Waals surface area (Å²) in [6.07, 6.45) is -2.88. The molecule has 1 saturated heterocycles. The average molecular weight is 633 g/mol. The Morgan fingerprint density at radius 3 is 2.11 bits per heavy atom. The fourth-order valence-corrected chi connectivity index (χ4v) is 5.38. The lowest BCUT2D eigenvalue weighted by Crippen LogP contribution is -2.47. The summed E-state index contributed by atoms with van der Waals surface area (Å²) in [6.45, 7) is 0.114. The lowest BCUT2D eigenvalue weighted by molar-refractivity contribution is -0.137. The SMILES string of the molecule is COC(=O)NCC(=O)N1CCC[C@H]1C(=O)Nc1ccc(-c2ccc(-c3ccc(N=CN)cc3)n2-c2ccc(C(F)(F)F)cc2)cc1.